The summed E-state index contributed by atoms with van der Waals surface area (Å²) in [6, 6.07) is 6.35. The molecule has 0 radical (unpaired) electrons. The van der Waals surface area contributed by atoms with E-state index >= 15 is 0 Å². The number of benzene rings is 1. The molecule has 1 fully saturated rings. The molecule has 21 heavy (non-hydrogen) atoms. The molecule has 2 aromatic rings. The summed E-state index contributed by atoms with van der Waals surface area (Å²) in [6.07, 6.45) is 3.98. The second-order valence-electron chi connectivity index (χ2n) is 4.94. The Kier molecular flexibility index (Phi) is 4.17. The molecule has 0 saturated heterocycles. The minimum Gasteiger partial charge on any atom is -0.454 e. The van der Waals surface area contributed by atoms with Gasteiger partial charge in [0.2, 0.25) is 5.82 Å². The van der Waals surface area contributed by atoms with E-state index < -0.39 is 11.6 Å². The number of ether oxygens (including phenoxy) is 1. The molecular formula is C15H13BrF2N2O. The number of aromatic nitrogens is 1. The molecule has 0 atom stereocenters. The first kappa shape index (κ1) is 14.4. The molecule has 1 aromatic heterocycles. The van der Waals surface area contributed by atoms with Crippen molar-refractivity contribution in [3.05, 3.63) is 52.3 Å². The van der Waals surface area contributed by atoms with Crippen LogP contribution in [0.2, 0.25) is 0 Å². The fourth-order valence-electron chi connectivity index (χ4n) is 1.89. The molecule has 1 aromatic carbocycles. The van der Waals surface area contributed by atoms with Gasteiger partial charge in [-0.2, -0.15) is 4.39 Å². The third-order valence-electron chi connectivity index (χ3n) is 3.12. The van der Waals surface area contributed by atoms with E-state index in [0.717, 1.165) is 11.8 Å². The van der Waals surface area contributed by atoms with Crippen molar-refractivity contribution in [2.45, 2.75) is 25.4 Å². The Hall–Kier alpha value is -1.53. The normalized spacial score (nSPS) is 14.2. The van der Waals surface area contributed by atoms with Gasteiger partial charge in [-0.15, -0.1) is 0 Å². The number of pyridine rings is 1. The van der Waals surface area contributed by atoms with Gasteiger partial charge in [-0.1, -0.05) is 15.9 Å². The number of rotatable bonds is 5. The van der Waals surface area contributed by atoms with Gasteiger partial charge >= 0.3 is 0 Å². The van der Waals surface area contributed by atoms with Crippen LogP contribution in [-0.4, -0.2) is 11.0 Å². The van der Waals surface area contributed by atoms with Crippen LogP contribution in [0.1, 0.15) is 18.5 Å². The summed E-state index contributed by atoms with van der Waals surface area (Å²) in [4.78, 5) is 4.22. The zero-order valence-electron chi connectivity index (χ0n) is 11.1. The smallest absolute Gasteiger partial charge is 0.201 e. The Bertz CT molecular complexity index is 662. The van der Waals surface area contributed by atoms with Gasteiger partial charge in [-0.3, -0.25) is 4.98 Å². The van der Waals surface area contributed by atoms with Crippen LogP contribution in [0.5, 0.6) is 11.5 Å². The predicted octanol–water partition coefficient (Wildman–Crippen LogP) is 4.17. The van der Waals surface area contributed by atoms with Crippen LogP contribution in [0, 0.1) is 11.6 Å². The van der Waals surface area contributed by atoms with Crippen LogP contribution in [0.4, 0.5) is 8.78 Å². The van der Waals surface area contributed by atoms with E-state index in [1.807, 2.05) is 0 Å². The molecule has 1 heterocycles. The quantitative estimate of drug-likeness (QED) is 0.818. The Morgan fingerprint density at radius 2 is 2.10 bits per heavy atom. The van der Waals surface area contributed by atoms with Crippen molar-refractivity contribution < 1.29 is 13.5 Å². The Morgan fingerprint density at radius 1 is 1.29 bits per heavy atom. The fraction of sp³-hybridized carbons (Fsp3) is 0.267. The number of hydrogen-bond acceptors (Lipinski definition) is 3. The topological polar surface area (TPSA) is 34.1 Å². The Balaban J connectivity index is 1.76. The maximum Gasteiger partial charge on any atom is 0.201 e. The van der Waals surface area contributed by atoms with Crippen molar-refractivity contribution >= 4 is 15.9 Å². The lowest BCUT2D eigenvalue weighted by atomic mass is 10.3. The van der Waals surface area contributed by atoms with Crippen molar-refractivity contribution in [1.82, 2.24) is 10.3 Å². The minimum absolute atomic E-state index is 0.158. The third-order valence-corrected chi connectivity index (χ3v) is 3.58. The zero-order valence-corrected chi connectivity index (χ0v) is 12.7. The first-order valence-electron chi connectivity index (χ1n) is 6.62. The first-order valence-corrected chi connectivity index (χ1v) is 7.42. The lowest BCUT2D eigenvalue weighted by Gasteiger charge is -2.09. The number of hydrogen-bond donors (Lipinski definition) is 1. The Morgan fingerprint density at radius 3 is 2.86 bits per heavy atom. The number of halogens is 3. The van der Waals surface area contributed by atoms with E-state index in [1.54, 1.807) is 18.3 Å². The van der Waals surface area contributed by atoms with Gasteiger partial charge in [0, 0.05) is 29.3 Å². The van der Waals surface area contributed by atoms with Crippen LogP contribution in [0.3, 0.4) is 0 Å². The van der Waals surface area contributed by atoms with Gasteiger partial charge in [0.15, 0.2) is 11.6 Å². The standard InChI is InChI=1S/C15H13BrF2N2O/c16-9-5-13(17)15(18)14(6-9)21-12-3-4-19-11(7-12)8-20-10-1-2-10/h3-7,10,20H,1-2,8H2. The van der Waals surface area contributed by atoms with Gasteiger partial charge in [0.25, 0.3) is 0 Å². The third kappa shape index (κ3) is 3.77. The van der Waals surface area contributed by atoms with Crippen molar-refractivity contribution in [3.8, 4) is 11.5 Å². The molecule has 1 saturated carbocycles. The molecule has 110 valence electrons. The molecule has 3 rings (SSSR count). The van der Waals surface area contributed by atoms with Crippen molar-refractivity contribution in [2.75, 3.05) is 0 Å². The van der Waals surface area contributed by atoms with E-state index in [9.17, 15) is 8.78 Å². The van der Waals surface area contributed by atoms with Gasteiger partial charge in [-0.05, 0) is 31.0 Å². The van der Waals surface area contributed by atoms with E-state index in [0.29, 0.717) is 22.8 Å². The van der Waals surface area contributed by atoms with E-state index in [4.69, 9.17) is 4.74 Å². The van der Waals surface area contributed by atoms with E-state index in [2.05, 4.69) is 26.2 Å². The fourth-order valence-corrected chi connectivity index (χ4v) is 2.30. The summed E-state index contributed by atoms with van der Waals surface area (Å²) >= 11 is 3.11. The van der Waals surface area contributed by atoms with Crippen molar-refractivity contribution in [1.29, 1.82) is 0 Å². The van der Waals surface area contributed by atoms with Crippen LogP contribution in [0.15, 0.2) is 34.9 Å². The maximum absolute atomic E-state index is 13.7. The molecule has 6 heteroatoms. The molecule has 1 aliphatic rings. The number of nitrogens with one attached hydrogen (secondary N) is 1. The molecule has 1 N–H and O–H groups in total. The van der Waals surface area contributed by atoms with Crippen LogP contribution >= 0.6 is 15.9 Å². The second kappa shape index (κ2) is 6.07. The molecule has 1 aliphatic carbocycles. The predicted molar refractivity (Wildman–Crippen MR) is 78.2 cm³/mol. The lowest BCUT2D eigenvalue weighted by Crippen LogP contribution is -2.16. The van der Waals surface area contributed by atoms with Gasteiger partial charge in [-0.25, -0.2) is 4.39 Å². The molecule has 0 bridgehead atoms. The molecule has 0 spiro atoms. The van der Waals surface area contributed by atoms with Crippen molar-refractivity contribution in [3.63, 3.8) is 0 Å². The molecule has 3 nitrogen and oxygen atoms in total. The molecule has 0 amide bonds. The average Bonchev–Trinajstić information content (AvgIpc) is 3.27. The highest BCUT2D eigenvalue weighted by Crippen LogP contribution is 2.29. The average molecular weight is 355 g/mol. The minimum atomic E-state index is -1.01. The molecule has 0 unspecified atom stereocenters. The SMILES string of the molecule is Fc1cc(Br)cc(Oc2ccnc(CNC3CC3)c2)c1F. The summed E-state index contributed by atoms with van der Waals surface area (Å²) in [5, 5.41) is 3.33. The largest absolute Gasteiger partial charge is 0.454 e. The highest BCUT2D eigenvalue weighted by molar-refractivity contribution is 9.10. The number of nitrogens with zero attached hydrogens (tertiary/aromatic N) is 1. The van der Waals surface area contributed by atoms with Crippen LogP contribution in [-0.2, 0) is 6.54 Å². The Labute approximate surface area is 129 Å². The maximum atomic E-state index is 13.7. The van der Waals surface area contributed by atoms with E-state index in [1.165, 1.54) is 18.9 Å². The van der Waals surface area contributed by atoms with E-state index in [-0.39, 0.29) is 5.75 Å². The molecule has 0 aliphatic heterocycles. The van der Waals surface area contributed by atoms with Gasteiger partial charge in [0.05, 0.1) is 5.69 Å². The summed E-state index contributed by atoms with van der Waals surface area (Å²) in [5.41, 5.74) is 0.801. The lowest BCUT2D eigenvalue weighted by molar-refractivity contribution is 0.414. The van der Waals surface area contributed by atoms with Gasteiger partial charge in [0.1, 0.15) is 5.75 Å². The monoisotopic (exact) mass is 354 g/mol. The van der Waals surface area contributed by atoms with Crippen LogP contribution < -0.4 is 10.1 Å². The highest BCUT2D eigenvalue weighted by atomic mass is 79.9. The first-order chi connectivity index (χ1) is 10.1. The van der Waals surface area contributed by atoms with Gasteiger partial charge < -0.3 is 10.1 Å². The van der Waals surface area contributed by atoms with Crippen molar-refractivity contribution in [2.24, 2.45) is 0 Å². The molecular weight excluding hydrogens is 342 g/mol. The second-order valence-corrected chi connectivity index (χ2v) is 5.86. The highest BCUT2D eigenvalue weighted by Gasteiger charge is 2.20. The summed E-state index contributed by atoms with van der Waals surface area (Å²) in [5.74, 6) is -1.69. The van der Waals surface area contributed by atoms with Crippen LogP contribution in [0.25, 0.3) is 0 Å². The summed E-state index contributed by atoms with van der Waals surface area (Å²) in [7, 11) is 0. The summed E-state index contributed by atoms with van der Waals surface area (Å²) in [6.45, 7) is 0.636. The summed E-state index contributed by atoms with van der Waals surface area (Å²) < 4.78 is 32.9. The zero-order chi connectivity index (χ0) is 14.8.